The topological polar surface area (TPSA) is 78.2 Å². The van der Waals surface area contributed by atoms with Crippen molar-refractivity contribution in [3.8, 4) is 0 Å². The molecule has 0 fully saturated rings. The average molecular weight is 466 g/mol. The zero-order valence-electron chi connectivity index (χ0n) is 17.5. The Bertz CT molecular complexity index is 1170. The molecule has 0 bridgehead atoms. The highest BCUT2D eigenvalue weighted by Crippen LogP contribution is 2.11. The van der Waals surface area contributed by atoms with Crippen LogP contribution in [0, 0.1) is 13.8 Å². The molecule has 2 N–H and O–H groups in total. The summed E-state index contributed by atoms with van der Waals surface area (Å²) < 4.78 is 0. The van der Waals surface area contributed by atoms with Gasteiger partial charge in [0.15, 0.2) is 0 Å². The molecule has 0 unspecified atom stereocenters. The Morgan fingerprint density at radius 3 is 2.06 bits per heavy atom. The Morgan fingerprint density at radius 1 is 0.844 bits per heavy atom. The van der Waals surface area contributed by atoms with Crippen LogP contribution in [0.2, 0.25) is 10.0 Å². The average Bonchev–Trinajstić information content (AvgIpc) is 2.78. The Kier molecular flexibility index (Phi) is 8.14. The lowest BCUT2D eigenvalue weighted by Gasteiger charge is -2.09. The normalized spacial score (nSPS) is 11.8. The van der Waals surface area contributed by atoms with Gasteiger partial charge in [0, 0.05) is 15.6 Å². The first-order chi connectivity index (χ1) is 15.4. The molecule has 8 heteroatoms. The van der Waals surface area contributed by atoms with Crippen molar-refractivity contribution >= 4 is 47.5 Å². The van der Waals surface area contributed by atoms with Crippen LogP contribution in [0.25, 0.3) is 0 Å². The number of rotatable bonds is 5. The standard InChI is InChI=1S/C24H21Cl2N5O/c1-16-3-4-17(2)22(13-16)23(32)29-24(30-27-14-18-5-9-20(25)10-6-18)31-28-15-19-7-11-21(26)12-8-19/h3-15H,1-2H3,(H2,29,30,31,32)/b27-14+,28-15+. The number of carbonyl (C=O) groups is 1. The molecule has 0 spiro atoms. The molecule has 3 rings (SSSR count). The minimum atomic E-state index is -0.319. The molecular formula is C24H21Cl2N5O. The highest BCUT2D eigenvalue weighted by Gasteiger charge is 2.11. The van der Waals surface area contributed by atoms with E-state index in [1.165, 1.54) is 0 Å². The third-order valence-electron chi connectivity index (χ3n) is 4.36. The second-order valence-electron chi connectivity index (χ2n) is 6.94. The summed E-state index contributed by atoms with van der Waals surface area (Å²) in [6.07, 6.45) is 3.13. The van der Waals surface area contributed by atoms with Gasteiger partial charge in [-0.1, -0.05) is 65.2 Å². The zero-order valence-corrected chi connectivity index (χ0v) is 19.0. The minimum absolute atomic E-state index is 0.0753. The number of halogens is 2. The molecule has 1 amide bonds. The van der Waals surface area contributed by atoms with E-state index < -0.39 is 0 Å². The number of hydrogen-bond acceptors (Lipinski definition) is 4. The van der Waals surface area contributed by atoms with Gasteiger partial charge in [-0.05, 0) is 60.9 Å². The van der Waals surface area contributed by atoms with Crippen LogP contribution >= 0.6 is 23.2 Å². The number of nitrogens with one attached hydrogen (secondary N) is 2. The highest BCUT2D eigenvalue weighted by atomic mass is 35.5. The summed E-state index contributed by atoms with van der Waals surface area (Å²) in [4.78, 5) is 12.8. The van der Waals surface area contributed by atoms with Gasteiger partial charge in [0.1, 0.15) is 0 Å². The number of aryl methyl sites for hydroxylation is 2. The van der Waals surface area contributed by atoms with Gasteiger partial charge in [-0.3, -0.25) is 10.1 Å². The number of amides is 1. The van der Waals surface area contributed by atoms with Crippen molar-refractivity contribution in [2.75, 3.05) is 0 Å². The van der Waals surface area contributed by atoms with Gasteiger partial charge in [-0.15, -0.1) is 5.10 Å². The van der Waals surface area contributed by atoms with E-state index in [1.54, 1.807) is 36.7 Å². The van der Waals surface area contributed by atoms with Crippen LogP contribution in [0.1, 0.15) is 32.6 Å². The number of hydrogen-bond donors (Lipinski definition) is 2. The Balaban J connectivity index is 1.78. The van der Waals surface area contributed by atoms with Gasteiger partial charge in [0.25, 0.3) is 5.91 Å². The molecule has 0 radical (unpaired) electrons. The summed E-state index contributed by atoms with van der Waals surface area (Å²) in [6, 6.07) is 19.9. The number of hydrazone groups is 1. The fourth-order valence-electron chi connectivity index (χ4n) is 2.65. The number of nitrogens with zero attached hydrogens (tertiary/aromatic N) is 3. The van der Waals surface area contributed by atoms with E-state index in [-0.39, 0.29) is 11.9 Å². The molecule has 0 aliphatic heterocycles. The second kappa shape index (κ2) is 11.2. The third kappa shape index (κ3) is 7.04. The maximum absolute atomic E-state index is 12.8. The molecule has 0 aliphatic rings. The predicted octanol–water partition coefficient (Wildman–Crippen LogP) is 5.35. The minimum Gasteiger partial charge on any atom is -0.289 e. The van der Waals surface area contributed by atoms with Gasteiger partial charge in [-0.2, -0.15) is 10.2 Å². The molecule has 0 atom stereocenters. The van der Waals surface area contributed by atoms with Crippen molar-refractivity contribution in [2.24, 2.45) is 15.3 Å². The number of benzene rings is 3. The van der Waals surface area contributed by atoms with Crippen LogP contribution in [0.5, 0.6) is 0 Å². The van der Waals surface area contributed by atoms with Crippen molar-refractivity contribution in [1.29, 1.82) is 0 Å². The number of guanidine groups is 1. The van der Waals surface area contributed by atoms with Crippen molar-refractivity contribution in [2.45, 2.75) is 13.8 Å². The van der Waals surface area contributed by atoms with Crippen LogP contribution in [0.3, 0.4) is 0 Å². The van der Waals surface area contributed by atoms with Gasteiger partial charge in [0.05, 0.1) is 12.4 Å². The molecule has 32 heavy (non-hydrogen) atoms. The smallest absolute Gasteiger partial charge is 0.258 e. The van der Waals surface area contributed by atoms with Crippen molar-refractivity contribution in [3.63, 3.8) is 0 Å². The maximum atomic E-state index is 12.8. The maximum Gasteiger partial charge on any atom is 0.258 e. The van der Waals surface area contributed by atoms with E-state index in [1.807, 2.05) is 56.3 Å². The van der Waals surface area contributed by atoms with Crippen molar-refractivity contribution in [1.82, 2.24) is 10.7 Å². The lowest BCUT2D eigenvalue weighted by atomic mass is 10.1. The molecule has 6 nitrogen and oxygen atoms in total. The van der Waals surface area contributed by atoms with Gasteiger partial charge >= 0.3 is 0 Å². The van der Waals surface area contributed by atoms with Gasteiger partial charge < -0.3 is 0 Å². The predicted molar refractivity (Wildman–Crippen MR) is 132 cm³/mol. The SMILES string of the molecule is Cc1ccc(C)c(C(=O)N/C(=N/N=C/c2ccc(Cl)cc2)N/N=C/c2ccc(Cl)cc2)c1. The summed E-state index contributed by atoms with van der Waals surface area (Å²) in [5, 5.41) is 16.3. The fourth-order valence-corrected chi connectivity index (χ4v) is 2.90. The van der Waals surface area contributed by atoms with E-state index in [9.17, 15) is 4.79 Å². The first-order valence-corrected chi connectivity index (χ1v) is 10.5. The van der Waals surface area contributed by atoms with Crippen LogP contribution in [0.4, 0.5) is 0 Å². The molecule has 0 heterocycles. The van der Waals surface area contributed by atoms with E-state index >= 15 is 0 Å². The van der Waals surface area contributed by atoms with Crippen LogP contribution in [-0.4, -0.2) is 24.3 Å². The quantitative estimate of drug-likeness (QED) is 0.302. The Hall–Kier alpha value is -3.48. The molecule has 3 aromatic carbocycles. The first kappa shape index (κ1) is 23.2. The molecule has 0 aliphatic carbocycles. The molecule has 0 saturated heterocycles. The molecule has 3 aromatic rings. The molecule has 162 valence electrons. The summed E-state index contributed by atoms with van der Waals surface area (Å²) in [6.45, 7) is 3.80. The molecule has 0 aromatic heterocycles. The highest BCUT2D eigenvalue weighted by molar-refractivity contribution is 6.30. The zero-order chi connectivity index (χ0) is 22.9. The fraction of sp³-hybridized carbons (Fsp3) is 0.0833. The van der Waals surface area contributed by atoms with Crippen molar-refractivity contribution < 1.29 is 4.79 Å². The van der Waals surface area contributed by atoms with Gasteiger partial charge in [0.2, 0.25) is 5.96 Å². The van der Waals surface area contributed by atoms with E-state index in [2.05, 4.69) is 26.0 Å². The largest absolute Gasteiger partial charge is 0.289 e. The summed E-state index contributed by atoms with van der Waals surface area (Å²) >= 11 is 11.8. The third-order valence-corrected chi connectivity index (χ3v) is 4.86. The monoisotopic (exact) mass is 465 g/mol. The molecule has 0 saturated carbocycles. The lowest BCUT2D eigenvalue weighted by molar-refractivity contribution is 0.0975. The summed E-state index contributed by atoms with van der Waals surface area (Å²) in [5.41, 5.74) is 6.74. The summed E-state index contributed by atoms with van der Waals surface area (Å²) in [5.74, 6) is -0.243. The Morgan fingerprint density at radius 2 is 1.44 bits per heavy atom. The number of carbonyl (C=O) groups excluding carboxylic acids is 1. The van der Waals surface area contributed by atoms with E-state index in [0.717, 1.165) is 22.3 Å². The van der Waals surface area contributed by atoms with E-state index in [4.69, 9.17) is 23.2 Å². The summed E-state index contributed by atoms with van der Waals surface area (Å²) in [7, 11) is 0. The molecular weight excluding hydrogens is 445 g/mol. The van der Waals surface area contributed by atoms with Gasteiger partial charge in [-0.25, -0.2) is 5.43 Å². The lowest BCUT2D eigenvalue weighted by Crippen LogP contribution is -2.38. The van der Waals surface area contributed by atoms with Crippen molar-refractivity contribution in [3.05, 3.63) is 105 Å². The van der Waals surface area contributed by atoms with Crippen LogP contribution < -0.4 is 10.7 Å². The van der Waals surface area contributed by atoms with Crippen LogP contribution in [-0.2, 0) is 0 Å². The van der Waals surface area contributed by atoms with Crippen LogP contribution in [0.15, 0.2) is 82.0 Å². The first-order valence-electron chi connectivity index (χ1n) is 9.70. The Labute approximate surface area is 196 Å². The second-order valence-corrected chi connectivity index (χ2v) is 7.81. The van der Waals surface area contributed by atoms with E-state index in [0.29, 0.717) is 15.6 Å².